The zero-order valence-corrected chi connectivity index (χ0v) is 13.7. The molecule has 0 aromatic heterocycles. The minimum Gasteiger partial charge on any atom is -0.375 e. The third kappa shape index (κ3) is 4.72. The molecule has 0 aliphatic rings. The van der Waals surface area contributed by atoms with E-state index in [2.05, 4.69) is 16.0 Å². The molecule has 0 spiro atoms. The Bertz CT molecular complexity index is 714. The monoisotopic (exact) mass is 331 g/mol. The van der Waals surface area contributed by atoms with Gasteiger partial charge >= 0.3 is 0 Å². The summed E-state index contributed by atoms with van der Waals surface area (Å²) in [6, 6.07) is 12.3. The number of anilines is 2. The Morgan fingerprint density at radius 2 is 1.78 bits per heavy atom. The Kier molecular flexibility index (Phi) is 5.60. The van der Waals surface area contributed by atoms with Crippen LogP contribution in [0.15, 0.2) is 42.5 Å². The zero-order chi connectivity index (χ0) is 16.8. The number of hydrogen-bond acceptors (Lipinski definition) is 3. The fraction of sp³-hybridized carbons (Fsp3) is 0.176. The van der Waals surface area contributed by atoms with E-state index >= 15 is 0 Å². The second kappa shape index (κ2) is 7.65. The lowest BCUT2D eigenvalue weighted by Gasteiger charge is -2.10. The van der Waals surface area contributed by atoms with Crippen LogP contribution in [-0.4, -0.2) is 25.4 Å². The van der Waals surface area contributed by atoms with E-state index < -0.39 is 0 Å². The smallest absolute Gasteiger partial charge is 0.251 e. The van der Waals surface area contributed by atoms with Crippen LogP contribution in [0.5, 0.6) is 0 Å². The second-order valence-corrected chi connectivity index (χ2v) is 5.45. The fourth-order valence-corrected chi connectivity index (χ4v) is 2.30. The minimum absolute atomic E-state index is 0.0972. The van der Waals surface area contributed by atoms with Gasteiger partial charge in [0.25, 0.3) is 5.91 Å². The maximum atomic E-state index is 11.9. The number of carbonyl (C=O) groups is 2. The third-order valence-electron chi connectivity index (χ3n) is 3.22. The average molecular weight is 332 g/mol. The van der Waals surface area contributed by atoms with Crippen molar-refractivity contribution >= 4 is 34.8 Å². The molecule has 3 N–H and O–H groups in total. The van der Waals surface area contributed by atoms with Crippen LogP contribution in [0.1, 0.15) is 15.9 Å². The topological polar surface area (TPSA) is 70.2 Å². The number of hydrogen-bond donors (Lipinski definition) is 3. The molecule has 2 amide bonds. The van der Waals surface area contributed by atoms with E-state index in [1.54, 1.807) is 31.3 Å². The summed E-state index contributed by atoms with van der Waals surface area (Å²) in [5.74, 6) is -0.368. The maximum absolute atomic E-state index is 11.9. The Morgan fingerprint density at radius 1 is 1.09 bits per heavy atom. The van der Waals surface area contributed by atoms with Gasteiger partial charge in [-0.05, 0) is 48.9 Å². The first kappa shape index (κ1) is 16.8. The van der Waals surface area contributed by atoms with Gasteiger partial charge < -0.3 is 16.0 Å². The van der Waals surface area contributed by atoms with E-state index in [9.17, 15) is 9.59 Å². The van der Waals surface area contributed by atoms with Crippen molar-refractivity contribution in [3.63, 3.8) is 0 Å². The van der Waals surface area contributed by atoms with E-state index in [0.29, 0.717) is 22.0 Å². The molecule has 0 aliphatic carbocycles. The van der Waals surface area contributed by atoms with Gasteiger partial charge in [-0.15, -0.1) is 0 Å². The number of carbonyl (C=O) groups excluding carboxylic acids is 2. The number of benzene rings is 2. The average Bonchev–Trinajstić information content (AvgIpc) is 2.54. The van der Waals surface area contributed by atoms with Crippen LogP contribution in [0.25, 0.3) is 0 Å². The van der Waals surface area contributed by atoms with Crippen molar-refractivity contribution in [2.75, 3.05) is 24.2 Å². The van der Waals surface area contributed by atoms with Crippen LogP contribution in [0.4, 0.5) is 11.4 Å². The number of rotatable bonds is 5. The zero-order valence-electron chi connectivity index (χ0n) is 12.9. The predicted molar refractivity (Wildman–Crippen MR) is 93.1 cm³/mol. The SMILES string of the molecule is CNC(=O)c1ccc(NC(=O)CNc2ccc(C)cc2Cl)cc1. The van der Waals surface area contributed by atoms with Crippen molar-refractivity contribution in [2.24, 2.45) is 0 Å². The largest absolute Gasteiger partial charge is 0.375 e. The highest BCUT2D eigenvalue weighted by Gasteiger charge is 2.06. The molecule has 0 bridgehead atoms. The fourth-order valence-electron chi connectivity index (χ4n) is 1.99. The van der Waals surface area contributed by atoms with Gasteiger partial charge in [0, 0.05) is 18.3 Å². The summed E-state index contributed by atoms with van der Waals surface area (Å²) in [7, 11) is 1.57. The molecule has 2 rings (SSSR count). The van der Waals surface area contributed by atoms with Crippen molar-refractivity contribution in [1.82, 2.24) is 5.32 Å². The first-order valence-corrected chi connectivity index (χ1v) is 7.49. The number of aryl methyl sites for hydroxylation is 1. The molecule has 0 saturated carbocycles. The molecular formula is C17H18ClN3O2. The lowest BCUT2D eigenvalue weighted by Crippen LogP contribution is -2.22. The summed E-state index contributed by atoms with van der Waals surface area (Å²) < 4.78 is 0. The molecular weight excluding hydrogens is 314 g/mol. The second-order valence-electron chi connectivity index (χ2n) is 5.04. The van der Waals surface area contributed by atoms with Gasteiger partial charge in [0.2, 0.25) is 5.91 Å². The van der Waals surface area contributed by atoms with Gasteiger partial charge in [0.1, 0.15) is 0 Å². The normalized spacial score (nSPS) is 10.0. The van der Waals surface area contributed by atoms with Crippen LogP contribution in [-0.2, 0) is 4.79 Å². The molecule has 0 heterocycles. The summed E-state index contributed by atoms with van der Waals surface area (Å²) in [5, 5.41) is 8.86. The minimum atomic E-state index is -0.200. The van der Waals surface area contributed by atoms with E-state index in [-0.39, 0.29) is 18.4 Å². The van der Waals surface area contributed by atoms with Crippen LogP contribution in [0.3, 0.4) is 0 Å². The molecule has 23 heavy (non-hydrogen) atoms. The summed E-state index contributed by atoms with van der Waals surface area (Å²) in [6.45, 7) is 2.05. The van der Waals surface area contributed by atoms with Gasteiger partial charge in [0.15, 0.2) is 0 Å². The van der Waals surface area contributed by atoms with Crippen molar-refractivity contribution < 1.29 is 9.59 Å². The lowest BCUT2D eigenvalue weighted by atomic mass is 10.2. The van der Waals surface area contributed by atoms with Gasteiger partial charge in [-0.3, -0.25) is 9.59 Å². The molecule has 0 unspecified atom stereocenters. The molecule has 5 nitrogen and oxygen atoms in total. The van der Waals surface area contributed by atoms with Gasteiger partial charge in [0.05, 0.1) is 17.3 Å². The Hall–Kier alpha value is -2.53. The summed E-state index contributed by atoms with van der Waals surface area (Å²) in [5.41, 5.74) is 2.93. The standard InChI is InChI=1S/C17H18ClN3O2/c1-11-3-8-15(14(18)9-11)20-10-16(22)21-13-6-4-12(5-7-13)17(23)19-2/h3-9,20H,10H2,1-2H3,(H,19,23)(H,21,22). The lowest BCUT2D eigenvalue weighted by molar-refractivity contribution is -0.114. The highest BCUT2D eigenvalue weighted by molar-refractivity contribution is 6.33. The Morgan fingerprint density at radius 3 is 2.39 bits per heavy atom. The highest BCUT2D eigenvalue weighted by atomic mass is 35.5. The van der Waals surface area contributed by atoms with Gasteiger partial charge in [-0.2, -0.15) is 0 Å². The van der Waals surface area contributed by atoms with Crippen molar-refractivity contribution in [3.8, 4) is 0 Å². The molecule has 120 valence electrons. The molecule has 6 heteroatoms. The number of nitrogens with one attached hydrogen (secondary N) is 3. The molecule has 2 aromatic rings. The first-order chi connectivity index (χ1) is 11.0. The molecule has 0 aliphatic heterocycles. The Labute approximate surface area is 140 Å². The first-order valence-electron chi connectivity index (χ1n) is 7.11. The number of amides is 2. The molecule has 0 radical (unpaired) electrons. The number of halogens is 1. The van der Waals surface area contributed by atoms with E-state index in [0.717, 1.165) is 5.56 Å². The van der Waals surface area contributed by atoms with Crippen molar-refractivity contribution in [1.29, 1.82) is 0 Å². The van der Waals surface area contributed by atoms with Gasteiger partial charge in [-0.1, -0.05) is 17.7 Å². The van der Waals surface area contributed by atoms with Crippen LogP contribution < -0.4 is 16.0 Å². The van der Waals surface area contributed by atoms with E-state index in [4.69, 9.17) is 11.6 Å². The van der Waals surface area contributed by atoms with Gasteiger partial charge in [-0.25, -0.2) is 0 Å². The van der Waals surface area contributed by atoms with Crippen LogP contribution >= 0.6 is 11.6 Å². The van der Waals surface area contributed by atoms with E-state index in [1.807, 2.05) is 25.1 Å². The van der Waals surface area contributed by atoms with Crippen molar-refractivity contribution in [2.45, 2.75) is 6.92 Å². The maximum Gasteiger partial charge on any atom is 0.251 e. The predicted octanol–water partition coefficient (Wildman–Crippen LogP) is 3.06. The summed E-state index contributed by atoms with van der Waals surface area (Å²) >= 11 is 6.10. The summed E-state index contributed by atoms with van der Waals surface area (Å²) in [6.07, 6.45) is 0. The van der Waals surface area contributed by atoms with Crippen LogP contribution in [0.2, 0.25) is 5.02 Å². The Balaban J connectivity index is 1.90. The summed E-state index contributed by atoms with van der Waals surface area (Å²) in [4.78, 5) is 23.4. The molecule has 0 atom stereocenters. The van der Waals surface area contributed by atoms with Crippen LogP contribution in [0, 0.1) is 6.92 Å². The molecule has 2 aromatic carbocycles. The quantitative estimate of drug-likeness (QED) is 0.788. The van der Waals surface area contributed by atoms with Crippen molar-refractivity contribution in [3.05, 3.63) is 58.6 Å². The van der Waals surface area contributed by atoms with E-state index in [1.165, 1.54) is 0 Å². The highest BCUT2D eigenvalue weighted by Crippen LogP contribution is 2.22. The molecule has 0 fully saturated rings. The molecule has 0 saturated heterocycles. The third-order valence-corrected chi connectivity index (χ3v) is 3.53.